The van der Waals surface area contributed by atoms with Crippen LogP contribution in [0.1, 0.15) is 37.7 Å². The smallest absolute Gasteiger partial charge is 0.326 e. The Balaban J connectivity index is 0.00000338. The Hall–Kier alpha value is -2.49. The number of nitrogens with one attached hydrogen (secondary N) is 1. The molecule has 0 spiro atoms. The molecule has 0 bridgehead atoms. The fourth-order valence-corrected chi connectivity index (χ4v) is 3.19. The summed E-state index contributed by atoms with van der Waals surface area (Å²) in [5.74, 6) is -2.78. The van der Waals surface area contributed by atoms with Gasteiger partial charge >= 0.3 is 11.9 Å². The van der Waals surface area contributed by atoms with E-state index >= 15 is 0 Å². The van der Waals surface area contributed by atoms with Crippen molar-refractivity contribution in [1.82, 2.24) is 10.2 Å². The molecule has 1 aliphatic heterocycles. The van der Waals surface area contributed by atoms with E-state index < -0.39 is 29.9 Å². The number of nitrogens with zero attached hydrogens (tertiary/aromatic N) is 1. The van der Waals surface area contributed by atoms with Crippen molar-refractivity contribution in [3.63, 3.8) is 0 Å². The summed E-state index contributed by atoms with van der Waals surface area (Å²) in [7, 11) is 0. The average molecular weight is 384 g/mol. The van der Waals surface area contributed by atoms with Gasteiger partial charge in [0, 0.05) is 6.54 Å². The second-order valence-corrected chi connectivity index (χ2v) is 6.29. The normalized spacial score (nSPS) is 18.0. The van der Waals surface area contributed by atoms with Gasteiger partial charge in [0.1, 0.15) is 6.04 Å². The number of carboxylic acids is 2. The molecule has 1 unspecified atom stereocenters. The molecule has 1 amide bonds. The molecule has 1 aromatic carbocycles. The van der Waals surface area contributed by atoms with Crippen molar-refractivity contribution in [3.05, 3.63) is 35.9 Å². The van der Waals surface area contributed by atoms with E-state index in [0.717, 1.165) is 5.56 Å². The first-order valence-corrected chi connectivity index (χ1v) is 8.46. The number of rotatable bonds is 8. The number of carbonyl (C=O) groups is 3. The first kappa shape index (κ1) is 24.5. The molecule has 1 heterocycles. The average Bonchev–Trinajstić information content (AvgIpc) is 3.08. The number of carbonyl (C=O) groups excluding carboxylic acids is 1. The molecule has 1 fully saturated rings. The molecule has 0 aliphatic carbocycles. The van der Waals surface area contributed by atoms with Gasteiger partial charge in [-0.1, -0.05) is 30.3 Å². The summed E-state index contributed by atoms with van der Waals surface area (Å²) in [6, 6.07) is 7.66. The molecule has 9 heteroatoms. The van der Waals surface area contributed by atoms with Crippen LogP contribution in [0.3, 0.4) is 0 Å². The van der Waals surface area contributed by atoms with E-state index in [1.807, 2.05) is 6.07 Å². The summed E-state index contributed by atoms with van der Waals surface area (Å²) < 4.78 is 0. The predicted molar refractivity (Wildman–Crippen MR) is 98.5 cm³/mol. The third-order valence-electron chi connectivity index (χ3n) is 4.57. The fourth-order valence-electron chi connectivity index (χ4n) is 3.19. The fraction of sp³-hybridized carbons (Fsp3) is 0.500. The van der Waals surface area contributed by atoms with Crippen molar-refractivity contribution in [2.45, 2.75) is 44.2 Å². The molecule has 3 atom stereocenters. The highest BCUT2D eigenvalue weighted by Gasteiger charge is 2.35. The number of aliphatic carboxylic acids is 2. The molecule has 1 aromatic rings. The highest BCUT2D eigenvalue weighted by atomic mass is 16.4. The van der Waals surface area contributed by atoms with Crippen LogP contribution < -0.4 is 5.32 Å². The maximum Gasteiger partial charge on any atom is 0.326 e. The molecule has 0 saturated carbocycles. The number of benzene rings is 1. The summed E-state index contributed by atoms with van der Waals surface area (Å²) in [5.41, 5.74) is 0.723. The van der Waals surface area contributed by atoms with Gasteiger partial charge in [-0.3, -0.25) is 9.59 Å². The lowest BCUT2D eigenvalue weighted by molar-refractivity contribution is -0.148. The van der Waals surface area contributed by atoms with Crippen LogP contribution in [0, 0.1) is 0 Å². The quantitative estimate of drug-likeness (QED) is 0.553. The van der Waals surface area contributed by atoms with E-state index in [2.05, 4.69) is 5.32 Å². The lowest BCUT2D eigenvalue weighted by Crippen LogP contribution is -2.49. The summed E-state index contributed by atoms with van der Waals surface area (Å²) in [5, 5.41) is 21.6. The molecule has 2 rings (SSSR count). The van der Waals surface area contributed by atoms with Crippen LogP contribution >= 0.6 is 0 Å². The first-order chi connectivity index (χ1) is 11.9. The number of carboxylic acid groups (broad SMARTS) is 2. The Kier molecular flexibility index (Phi) is 10.2. The predicted octanol–water partition coefficient (Wildman–Crippen LogP) is -0.351. The highest BCUT2D eigenvalue weighted by molar-refractivity contribution is 5.87. The van der Waals surface area contributed by atoms with Gasteiger partial charge in [-0.2, -0.15) is 0 Å². The van der Waals surface area contributed by atoms with E-state index in [1.165, 1.54) is 4.90 Å². The second kappa shape index (κ2) is 11.3. The van der Waals surface area contributed by atoms with Gasteiger partial charge in [0.15, 0.2) is 0 Å². The van der Waals surface area contributed by atoms with Crippen molar-refractivity contribution in [2.75, 3.05) is 13.1 Å². The van der Waals surface area contributed by atoms with Crippen molar-refractivity contribution in [3.8, 4) is 0 Å². The van der Waals surface area contributed by atoms with Crippen LogP contribution in [0.5, 0.6) is 0 Å². The highest BCUT2D eigenvalue weighted by Crippen LogP contribution is 2.20. The van der Waals surface area contributed by atoms with Gasteiger partial charge in [-0.25, -0.2) is 4.79 Å². The van der Waals surface area contributed by atoms with Crippen LogP contribution in [-0.2, 0) is 14.4 Å². The van der Waals surface area contributed by atoms with Crippen LogP contribution in [-0.4, -0.2) is 69.1 Å². The van der Waals surface area contributed by atoms with Crippen LogP contribution in [0.25, 0.3) is 0 Å². The lowest BCUT2D eigenvalue weighted by atomic mass is 9.96. The Bertz CT molecular complexity index is 623. The number of likely N-dealkylation sites (tertiary alicyclic amines) is 1. The lowest BCUT2D eigenvalue weighted by Gasteiger charge is -2.25. The van der Waals surface area contributed by atoms with Gasteiger partial charge in [-0.05, 0) is 38.3 Å². The second-order valence-electron chi connectivity index (χ2n) is 6.29. The Morgan fingerprint density at radius 3 is 2.37 bits per heavy atom. The van der Waals surface area contributed by atoms with Gasteiger partial charge in [0.2, 0.25) is 5.91 Å². The molecule has 0 aromatic heterocycles. The van der Waals surface area contributed by atoms with Gasteiger partial charge in [0.05, 0.1) is 12.0 Å². The van der Waals surface area contributed by atoms with E-state index in [1.54, 1.807) is 31.2 Å². The molecule has 0 radical (unpaired) electrons. The molecule has 9 nitrogen and oxygen atoms in total. The number of amides is 1. The molecule has 152 valence electrons. The monoisotopic (exact) mass is 384 g/mol. The molecular formula is C18H28N2O7. The molecule has 7 N–H and O–H groups in total. The van der Waals surface area contributed by atoms with Crippen LogP contribution in [0.4, 0.5) is 0 Å². The zero-order valence-corrected chi connectivity index (χ0v) is 15.2. The van der Waals surface area contributed by atoms with Crippen molar-refractivity contribution in [1.29, 1.82) is 0 Å². The molecule has 1 saturated heterocycles. The third-order valence-corrected chi connectivity index (χ3v) is 4.57. The zero-order chi connectivity index (χ0) is 18.4. The number of hydrogen-bond acceptors (Lipinski definition) is 4. The van der Waals surface area contributed by atoms with Crippen LogP contribution in [0.2, 0.25) is 0 Å². The summed E-state index contributed by atoms with van der Waals surface area (Å²) in [6.45, 7) is 2.48. The van der Waals surface area contributed by atoms with Crippen molar-refractivity contribution < 1.29 is 35.5 Å². The molecule has 1 aliphatic rings. The number of hydrogen-bond donors (Lipinski definition) is 3. The van der Waals surface area contributed by atoms with Crippen LogP contribution in [0.15, 0.2) is 30.3 Å². The zero-order valence-electron chi connectivity index (χ0n) is 15.2. The molecular weight excluding hydrogens is 356 g/mol. The minimum Gasteiger partial charge on any atom is -0.481 e. The van der Waals surface area contributed by atoms with E-state index in [0.29, 0.717) is 32.4 Å². The third kappa shape index (κ3) is 6.31. The largest absolute Gasteiger partial charge is 0.481 e. The summed E-state index contributed by atoms with van der Waals surface area (Å²) >= 11 is 0. The Labute approximate surface area is 157 Å². The minimum absolute atomic E-state index is 0. The van der Waals surface area contributed by atoms with E-state index in [9.17, 15) is 24.6 Å². The van der Waals surface area contributed by atoms with Gasteiger partial charge in [-0.15, -0.1) is 0 Å². The standard InChI is InChI=1S/C18H24N2O5.2H2O/c1-12(16(21)20-11-5-8-15(20)18(24)25)19-10-9-14(17(22)23)13-6-3-2-4-7-13;;/h2-4,6-7,12,14-15,19H,5,8-11H2,1H3,(H,22,23)(H,24,25);2*1H2/t12-,14?,15-;;/m0../s1. The van der Waals surface area contributed by atoms with E-state index in [4.69, 9.17) is 0 Å². The van der Waals surface area contributed by atoms with Crippen molar-refractivity contribution in [2.24, 2.45) is 0 Å². The van der Waals surface area contributed by atoms with Crippen molar-refractivity contribution >= 4 is 17.8 Å². The first-order valence-electron chi connectivity index (χ1n) is 8.46. The topological polar surface area (TPSA) is 170 Å². The van der Waals surface area contributed by atoms with E-state index in [-0.39, 0.29) is 16.9 Å². The van der Waals surface area contributed by atoms with Gasteiger partial charge in [0.25, 0.3) is 0 Å². The Morgan fingerprint density at radius 1 is 1.19 bits per heavy atom. The maximum absolute atomic E-state index is 12.4. The minimum atomic E-state index is -0.979. The maximum atomic E-state index is 12.4. The SMILES string of the molecule is C[C@H](NCCC(C(=O)O)c1ccccc1)C(=O)N1CCC[C@H]1C(=O)O.O.O. The Morgan fingerprint density at radius 2 is 1.81 bits per heavy atom. The summed E-state index contributed by atoms with van der Waals surface area (Å²) in [6.07, 6.45) is 1.51. The summed E-state index contributed by atoms with van der Waals surface area (Å²) in [4.78, 5) is 36.5. The van der Waals surface area contributed by atoms with Gasteiger partial charge < -0.3 is 31.4 Å². The molecule has 27 heavy (non-hydrogen) atoms.